The van der Waals surface area contributed by atoms with E-state index in [9.17, 15) is 4.79 Å². The van der Waals surface area contributed by atoms with Crippen LogP contribution >= 0.6 is 0 Å². The Morgan fingerprint density at radius 1 is 0.938 bits per heavy atom. The van der Waals surface area contributed by atoms with Gasteiger partial charge < -0.3 is 23.8 Å². The quantitative estimate of drug-likeness (QED) is 0.525. The Kier molecular flexibility index (Phi) is 8.62. The van der Waals surface area contributed by atoms with Crippen molar-refractivity contribution >= 4 is 5.91 Å². The summed E-state index contributed by atoms with van der Waals surface area (Å²) in [6, 6.07) is 11.9. The second kappa shape index (κ2) is 11.6. The van der Waals surface area contributed by atoms with E-state index in [2.05, 4.69) is 4.90 Å². The molecule has 1 aliphatic rings. The van der Waals surface area contributed by atoms with Crippen LogP contribution in [0.5, 0.6) is 23.0 Å². The van der Waals surface area contributed by atoms with Crippen LogP contribution in [0.4, 0.5) is 0 Å². The van der Waals surface area contributed by atoms with Crippen LogP contribution in [-0.2, 0) is 11.3 Å². The van der Waals surface area contributed by atoms with Gasteiger partial charge >= 0.3 is 0 Å². The molecule has 7 heteroatoms. The number of carbonyl (C=O) groups excluding carboxylic acids is 1. The molecule has 1 saturated heterocycles. The lowest BCUT2D eigenvalue weighted by Gasteiger charge is -2.35. The predicted molar refractivity (Wildman–Crippen MR) is 124 cm³/mol. The van der Waals surface area contributed by atoms with E-state index in [-0.39, 0.29) is 5.91 Å². The molecule has 7 nitrogen and oxygen atoms in total. The SMILES string of the molecule is COc1ccc(CN2CCN(C(=O)CCCOc3cccc(C)c3)CC2)c(OC)c1OC. The minimum absolute atomic E-state index is 0.196. The van der Waals surface area contributed by atoms with E-state index in [4.69, 9.17) is 18.9 Å². The number of carbonyl (C=O) groups is 1. The highest BCUT2D eigenvalue weighted by molar-refractivity contribution is 5.76. The molecule has 0 spiro atoms. The van der Waals surface area contributed by atoms with Crippen molar-refractivity contribution in [1.29, 1.82) is 0 Å². The van der Waals surface area contributed by atoms with Gasteiger partial charge in [0.05, 0.1) is 27.9 Å². The standard InChI is InChI=1S/C25H34N2O5/c1-19-7-5-8-21(17-19)32-16-6-9-23(28)27-14-12-26(13-15-27)18-20-10-11-22(29-2)25(31-4)24(20)30-3/h5,7-8,10-11,17H,6,9,12-16,18H2,1-4H3. The number of hydrogen-bond donors (Lipinski definition) is 0. The lowest BCUT2D eigenvalue weighted by Crippen LogP contribution is -2.48. The van der Waals surface area contributed by atoms with Crippen molar-refractivity contribution in [3.05, 3.63) is 47.5 Å². The molecule has 2 aromatic carbocycles. The molecular formula is C25H34N2O5. The Balaban J connectivity index is 1.44. The maximum Gasteiger partial charge on any atom is 0.222 e. The molecule has 174 valence electrons. The van der Waals surface area contributed by atoms with Gasteiger partial charge in [0.15, 0.2) is 11.5 Å². The van der Waals surface area contributed by atoms with Crippen molar-refractivity contribution in [2.45, 2.75) is 26.3 Å². The molecule has 32 heavy (non-hydrogen) atoms. The maximum atomic E-state index is 12.6. The third-order valence-corrected chi connectivity index (χ3v) is 5.70. The number of ether oxygens (including phenoxy) is 4. The molecule has 0 aliphatic carbocycles. The minimum atomic E-state index is 0.196. The van der Waals surface area contributed by atoms with Crippen LogP contribution in [0.3, 0.4) is 0 Å². The van der Waals surface area contributed by atoms with Crippen LogP contribution in [0, 0.1) is 6.92 Å². The van der Waals surface area contributed by atoms with Crippen molar-refractivity contribution < 1.29 is 23.7 Å². The van der Waals surface area contributed by atoms with E-state index in [1.165, 1.54) is 5.56 Å². The zero-order chi connectivity index (χ0) is 22.9. The number of benzene rings is 2. The zero-order valence-electron chi connectivity index (χ0n) is 19.6. The summed E-state index contributed by atoms with van der Waals surface area (Å²) in [6.07, 6.45) is 1.23. The van der Waals surface area contributed by atoms with Gasteiger partial charge in [0, 0.05) is 44.7 Å². The van der Waals surface area contributed by atoms with E-state index in [1.54, 1.807) is 21.3 Å². The van der Waals surface area contributed by atoms with E-state index < -0.39 is 0 Å². The van der Waals surface area contributed by atoms with Gasteiger partial charge in [0.1, 0.15) is 5.75 Å². The van der Waals surface area contributed by atoms with E-state index >= 15 is 0 Å². The number of methoxy groups -OCH3 is 3. The Bertz CT molecular complexity index is 894. The number of amides is 1. The van der Waals surface area contributed by atoms with E-state index in [1.807, 2.05) is 48.2 Å². The van der Waals surface area contributed by atoms with Gasteiger partial charge in [-0.05, 0) is 37.1 Å². The number of hydrogen-bond acceptors (Lipinski definition) is 6. The molecule has 1 fully saturated rings. The fraction of sp³-hybridized carbons (Fsp3) is 0.480. The van der Waals surface area contributed by atoms with Gasteiger partial charge in [-0.3, -0.25) is 9.69 Å². The summed E-state index contributed by atoms with van der Waals surface area (Å²) in [5.74, 6) is 3.00. The predicted octanol–water partition coefficient (Wildman–Crippen LogP) is 3.52. The fourth-order valence-corrected chi connectivity index (χ4v) is 3.96. The molecule has 1 heterocycles. The van der Waals surface area contributed by atoms with Crippen LogP contribution in [0.1, 0.15) is 24.0 Å². The molecule has 3 rings (SSSR count). The van der Waals surface area contributed by atoms with Crippen LogP contribution in [0.25, 0.3) is 0 Å². The maximum absolute atomic E-state index is 12.6. The topological polar surface area (TPSA) is 60.5 Å². The molecule has 2 aromatic rings. The normalized spacial score (nSPS) is 14.2. The molecule has 1 aliphatic heterocycles. The number of nitrogens with zero attached hydrogens (tertiary/aromatic N) is 2. The monoisotopic (exact) mass is 442 g/mol. The van der Waals surface area contributed by atoms with Gasteiger partial charge in [0.2, 0.25) is 11.7 Å². The smallest absolute Gasteiger partial charge is 0.222 e. The molecular weight excluding hydrogens is 408 g/mol. The van der Waals surface area contributed by atoms with Crippen molar-refractivity contribution in [3.63, 3.8) is 0 Å². The average Bonchev–Trinajstić information content (AvgIpc) is 2.81. The highest BCUT2D eigenvalue weighted by atomic mass is 16.5. The largest absolute Gasteiger partial charge is 0.494 e. The molecule has 0 atom stereocenters. The Hall–Kier alpha value is -2.93. The van der Waals surface area contributed by atoms with Crippen molar-refractivity contribution in [2.75, 3.05) is 54.1 Å². The summed E-state index contributed by atoms with van der Waals surface area (Å²) in [7, 11) is 4.86. The van der Waals surface area contributed by atoms with Crippen LogP contribution in [-0.4, -0.2) is 69.8 Å². The van der Waals surface area contributed by atoms with Crippen LogP contribution in [0.15, 0.2) is 36.4 Å². The van der Waals surface area contributed by atoms with Crippen molar-refractivity contribution in [3.8, 4) is 23.0 Å². The molecule has 1 amide bonds. The Morgan fingerprint density at radius 3 is 2.34 bits per heavy atom. The third-order valence-electron chi connectivity index (χ3n) is 5.70. The summed E-state index contributed by atoms with van der Waals surface area (Å²) in [4.78, 5) is 16.9. The van der Waals surface area contributed by atoms with Crippen LogP contribution < -0.4 is 18.9 Å². The van der Waals surface area contributed by atoms with Crippen molar-refractivity contribution in [1.82, 2.24) is 9.80 Å². The number of aryl methyl sites for hydroxylation is 1. The van der Waals surface area contributed by atoms with Gasteiger partial charge in [-0.15, -0.1) is 0 Å². The summed E-state index contributed by atoms with van der Waals surface area (Å²) in [5.41, 5.74) is 2.21. The third kappa shape index (κ3) is 6.07. The van der Waals surface area contributed by atoms with Crippen molar-refractivity contribution in [2.24, 2.45) is 0 Å². The lowest BCUT2D eigenvalue weighted by molar-refractivity contribution is -0.133. The fourth-order valence-electron chi connectivity index (χ4n) is 3.96. The zero-order valence-corrected chi connectivity index (χ0v) is 19.6. The first-order chi connectivity index (χ1) is 15.5. The molecule has 0 saturated carbocycles. The highest BCUT2D eigenvalue weighted by Crippen LogP contribution is 2.40. The van der Waals surface area contributed by atoms with E-state index in [0.717, 1.165) is 50.5 Å². The van der Waals surface area contributed by atoms with E-state index in [0.29, 0.717) is 30.3 Å². The first-order valence-electron chi connectivity index (χ1n) is 11.0. The lowest BCUT2D eigenvalue weighted by atomic mass is 10.1. The summed E-state index contributed by atoms with van der Waals surface area (Å²) in [5, 5.41) is 0. The Labute approximate surface area is 190 Å². The second-order valence-electron chi connectivity index (χ2n) is 7.92. The molecule has 0 bridgehead atoms. The van der Waals surface area contributed by atoms with Gasteiger partial charge in [-0.1, -0.05) is 18.2 Å². The molecule has 0 unspecified atom stereocenters. The number of rotatable bonds is 10. The van der Waals surface area contributed by atoms with Gasteiger partial charge in [0.25, 0.3) is 0 Å². The Morgan fingerprint density at radius 2 is 1.69 bits per heavy atom. The minimum Gasteiger partial charge on any atom is -0.494 e. The van der Waals surface area contributed by atoms with Gasteiger partial charge in [-0.25, -0.2) is 0 Å². The van der Waals surface area contributed by atoms with Crippen LogP contribution in [0.2, 0.25) is 0 Å². The first-order valence-corrected chi connectivity index (χ1v) is 11.0. The summed E-state index contributed by atoms with van der Waals surface area (Å²) >= 11 is 0. The molecule has 0 aromatic heterocycles. The summed E-state index contributed by atoms with van der Waals surface area (Å²) in [6.45, 7) is 6.42. The second-order valence-corrected chi connectivity index (χ2v) is 7.92. The average molecular weight is 443 g/mol. The highest BCUT2D eigenvalue weighted by Gasteiger charge is 2.23. The number of piperazine rings is 1. The van der Waals surface area contributed by atoms with Gasteiger partial charge in [-0.2, -0.15) is 0 Å². The first kappa shape index (κ1) is 23.7. The summed E-state index contributed by atoms with van der Waals surface area (Å²) < 4.78 is 22.2. The molecule has 0 N–H and O–H groups in total. The molecule has 0 radical (unpaired) electrons.